The largest absolute Gasteiger partial charge is 0.452 e. The van der Waals surface area contributed by atoms with Gasteiger partial charge in [0.2, 0.25) is 0 Å². The van der Waals surface area contributed by atoms with Gasteiger partial charge < -0.3 is 9.30 Å². The second kappa shape index (κ2) is 11.2. The zero-order valence-corrected chi connectivity index (χ0v) is 23.8. The lowest BCUT2D eigenvalue weighted by Crippen LogP contribution is -2.44. The normalized spacial score (nSPS) is 11.4. The summed E-state index contributed by atoms with van der Waals surface area (Å²) in [6.07, 6.45) is 6.50. The molecule has 0 fully saturated rings. The number of Topliss-reactive ketones (excluding diaryl/α,β-unsaturated/α-hetero) is 1. The SMILES string of the molecule is CC(C)n1nc(C(=O)Cc2ccc(Oc3cc(-c4cn(C)cn4)cn4nccc34)c(F)c2)c(=O)n(-c2ccc(F)cc2)c1=O. The van der Waals surface area contributed by atoms with Crippen LogP contribution in [0.25, 0.3) is 22.5 Å². The van der Waals surface area contributed by atoms with Crippen LogP contribution in [0, 0.1) is 11.6 Å². The molecule has 2 aromatic carbocycles. The number of ketones is 1. The number of halogens is 2. The van der Waals surface area contributed by atoms with Crippen molar-refractivity contribution in [3.63, 3.8) is 0 Å². The molecular formula is C31H25F2N7O4. The Labute approximate surface area is 248 Å². The molecule has 0 aliphatic carbocycles. The highest BCUT2D eigenvalue weighted by atomic mass is 19.1. The predicted octanol–water partition coefficient (Wildman–Crippen LogP) is 4.52. The topological polar surface area (TPSA) is 118 Å². The van der Waals surface area contributed by atoms with E-state index in [-0.39, 0.29) is 23.4 Å². The monoisotopic (exact) mass is 597 g/mol. The minimum atomic E-state index is -0.957. The lowest BCUT2D eigenvalue weighted by atomic mass is 10.1. The van der Waals surface area contributed by atoms with Crippen LogP contribution in [-0.2, 0) is 13.5 Å². The Morgan fingerprint density at radius 1 is 0.977 bits per heavy atom. The molecule has 13 heteroatoms. The molecule has 11 nitrogen and oxygen atoms in total. The van der Waals surface area contributed by atoms with E-state index in [9.17, 15) is 18.8 Å². The molecule has 222 valence electrons. The summed E-state index contributed by atoms with van der Waals surface area (Å²) in [6, 6.07) is 11.7. The van der Waals surface area contributed by atoms with Crippen molar-refractivity contribution in [2.24, 2.45) is 7.05 Å². The summed E-state index contributed by atoms with van der Waals surface area (Å²) in [6.45, 7) is 3.33. The van der Waals surface area contributed by atoms with Gasteiger partial charge in [0.15, 0.2) is 28.8 Å². The molecule has 0 aliphatic heterocycles. The number of nitrogens with zero attached hydrogens (tertiary/aromatic N) is 7. The third kappa shape index (κ3) is 5.30. The fourth-order valence-electron chi connectivity index (χ4n) is 4.72. The molecule has 0 radical (unpaired) electrons. The maximum atomic E-state index is 15.3. The van der Waals surface area contributed by atoms with Crippen molar-refractivity contribution in [3.05, 3.63) is 123 Å². The Morgan fingerprint density at radius 3 is 2.43 bits per heavy atom. The first kappa shape index (κ1) is 28.4. The molecule has 44 heavy (non-hydrogen) atoms. The summed E-state index contributed by atoms with van der Waals surface area (Å²) in [5, 5.41) is 8.31. The maximum Gasteiger partial charge on any atom is 0.352 e. The molecule has 0 N–H and O–H groups in total. The molecule has 0 saturated carbocycles. The van der Waals surface area contributed by atoms with Crippen LogP contribution in [0.1, 0.15) is 35.9 Å². The molecule has 4 aromatic heterocycles. The number of pyridine rings is 1. The summed E-state index contributed by atoms with van der Waals surface area (Å²) in [7, 11) is 1.85. The van der Waals surface area contributed by atoms with Crippen LogP contribution < -0.4 is 16.0 Å². The lowest BCUT2D eigenvalue weighted by molar-refractivity contribution is 0.0982. The van der Waals surface area contributed by atoms with Gasteiger partial charge in [-0.25, -0.2) is 32.3 Å². The van der Waals surface area contributed by atoms with Gasteiger partial charge in [-0.3, -0.25) is 9.59 Å². The van der Waals surface area contributed by atoms with Crippen LogP contribution in [0.5, 0.6) is 11.5 Å². The molecule has 6 rings (SSSR count). The highest BCUT2D eigenvalue weighted by Crippen LogP contribution is 2.32. The highest BCUT2D eigenvalue weighted by molar-refractivity contribution is 5.95. The molecule has 0 bridgehead atoms. The average molecular weight is 598 g/mol. The van der Waals surface area contributed by atoms with E-state index in [1.807, 2.05) is 13.2 Å². The van der Waals surface area contributed by atoms with Crippen molar-refractivity contribution in [3.8, 4) is 28.4 Å². The third-order valence-electron chi connectivity index (χ3n) is 6.89. The van der Waals surface area contributed by atoms with Gasteiger partial charge in [0, 0.05) is 31.4 Å². The van der Waals surface area contributed by atoms with Crippen LogP contribution in [0.4, 0.5) is 8.78 Å². The summed E-state index contributed by atoms with van der Waals surface area (Å²) in [5.74, 6) is -1.76. The molecule has 0 spiro atoms. The van der Waals surface area contributed by atoms with E-state index in [1.54, 1.807) is 53.8 Å². The smallest absolute Gasteiger partial charge is 0.352 e. The molecule has 0 amide bonds. The standard InChI is InChI=1S/C31H25F2N7O4/c1-18(2)40-31(43)39(22-7-5-21(32)6-8-22)30(42)29(36-40)26(41)13-19-4-9-27(23(33)12-19)44-28-14-20(24-16-37(3)17-34-24)15-38-25(28)10-11-35-38/h4-12,14-18H,13H2,1-3H3. The summed E-state index contributed by atoms with van der Waals surface area (Å²) in [4.78, 5) is 44.0. The lowest BCUT2D eigenvalue weighted by Gasteiger charge is -2.14. The van der Waals surface area contributed by atoms with E-state index in [0.717, 1.165) is 27.4 Å². The number of aromatic nitrogens is 7. The minimum Gasteiger partial charge on any atom is -0.452 e. The van der Waals surface area contributed by atoms with Crippen molar-refractivity contribution < 1.29 is 18.3 Å². The van der Waals surface area contributed by atoms with Crippen LogP contribution in [0.2, 0.25) is 0 Å². The fraction of sp³-hybridized carbons (Fsp3) is 0.161. The number of benzene rings is 2. The van der Waals surface area contributed by atoms with E-state index in [1.165, 1.54) is 24.3 Å². The number of aryl methyl sites for hydroxylation is 1. The Balaban J connectivity index is 1.30. The quantitative estimate of drug-likeness (QED) is 0.237. The summed E-state index contributed by atoms with van der Waals surface area (Å²) in [5.41, 5.74) is 0.0974. The van der Waals surface area contributed by atoms with E-state index in [2.05, 4.69) is 15.2 Å². The zero-order valence-electron chi connectivity index (χ0n) is 23.8. The summed E-state index contributed by atoms with van der Waals surface area (Å²) >= 11 is 0. The fourth-order valence-corrected chi connectivity index (χ4v) is 4.72. The molecule has 0 saturated heterocycles. The van der Waals surface area contributed by atoms with Crippen LogP contribution >= 0.6 is 0 Å². The van der Waals surface area contributed by atoms with Gasteiger partial charge in [-0.15, -0.1) is 0 Å². The number of ether oxygens (including phenoxy) is 1. The molecule has 4 heterocycles. The molecular weight excluding hydrogens is 572 g/mol. The van der Waals surface area contributed by atoms with Gasteiger partial charge in [0.25, 0.3) is 5.56 Å². The summed E-state index contributed by atoms with van der Waals surface area (Å²) < 4.78 is 40.0. The molecule has 0 unspecified atom stereocenters. The number of hydrogen-bond donors (Lipinski definition) is 0. The number of carbonyl (C=O) groups excluding carboxylic acids is 1. The van der Waals surface area contributed by atoms with Crippen molar-refractivity contribution in [1.82, 2.24) is 33.5 Å². The van der Waals surface area contributed by atoms with Gasteiger partial charge in [-0.05, 0) is 67.9 Å². The first-order valence-electron chi connectivity index (χ1n) is 13.6. The number of carbonyl (C=O) groups is 1. The Bertz CT molecular complexity index is 2160. The maximum absolute atomic E-state index is 15.3. The van der Waals surface area contributed by atoms with Crippen molar-refractivity contribution in [1.29, 1.82) is 0 Å². The van der Waals surface area contributed by atoms with Crippen molar-refractivity contribution in [2.45, 2.75) is 26.3 Å². The van der Waals surface area contributed by atoms with Crippen LogP contribution in [0.3, 0.4) is 0 Å². The molecule has 6 aromatic rings. The van der Waals surface area contributed by atoms with Gasteiger partial charge >= 0.3 is 5.69 Å². The molecule has 0 atom stereocenters. The van der Waals surface area contributed by atoms with Gasteiger partial charge in [-0.2, -0.15) is 10.2 Å². The van der Waals surface area contributed by atoms with E-state index < -0.39 is 40.4 Å². The average Bonchev–Trinajstić information content (AvgIpc) is 3.64. The first-order valence-corrected chi connectivity index (χ1v) is 13.6. The zero-order chi connectivity index (χ0) is 31.1. The van der Waals surface area contributed by atoms with Crippen LogP contribution in [-0.4, -0.2) is 39.3 Å². The molecule has 0 aliphatic rings. The van der Waals surface area contributed by atoms with Gasteiger partial charge in [-0.1, -0.05) is 6.07 Å². The Morgan fingerprint density at radius 2 is 1.75 bits per heavy atom. The van der Waals surface area contributed by atoms with Crippen LogP contribution in [0.15, 0.2) is 89.1 Å². The van der Waals surface area contributed by atoms with Gasteiger partial charge in [0.1, 0.15) is 11.3 Å². The van der Waals surface area contributed by atoms with Gasteiger partial charge in [0.05, 0.1) is 29.9 Å². The number of imidazole rings is 1. The van der Waals surface area contributed by atoms with Crippen molar-refractivity contribution >= 4 is 11.3 Å². The predicted molar refractivity (Wildman–Crippen MR) is 156 cm³/mol. The van der Waals surface area contributed by atoms with E-state index in [0.29, 0.717) is 22.5 Å². The van der Waals surface area contributed by atoms with Crippen molar-refractivity contribution in [2.75, 3.05) is 0 Å². The Hall–Kier alpha value is -5.72. The highest BCUT2D eigenvalue weighted by Gasteiger charge is 2.22. The number of hydrogen-bond acceptors (Lipinski definition) is 7. The van der Waals surface area contributed by atoms with E-state index >= 15 is 4.39 Å². The Kier molecular flexibility index (Phi) is 7.21. The second-order valence-corrected chi connectivity index (χ2v) is 10.4. The van der Waals surface area contributed by atoms with E-state index in [4.69, 9.17) is 4.74 Å². The third-order valence-corrected chi connectivity index (χ3v) is 6.89. The number of rotatable bonds is 8. The first-order chi connectivity index (χ1) is 21.1. The minimum absolute atomic E-state index is 0.0826. The number of fused-ring (bicyclic) bond motifs is 1. The second-order valence-electron chi connectivity index (χ2n) is 10.4.